The van der Waals surface area contributed by atoms with Gasteiger partial charge < -0.3 is 20.9 Å². The number of hydrogen-bond donors (Lipinski definition) is 2. The molecular formula is C16H23ClIN5O. The molecule has 6 nitrogen and oxygen atoms in total. The molecule has 1 aliphatic carbocycles. The van der Waals surface area contributed by atoms with Crippen LogP contribution in [0, 0.1) is 0 Å². The van der Waals surface area contributed by atoms with Crippen molar-refractivity contribution < 1.29 is 4.79 Å². The zero-order valence-corrected chi connectivity index (χ0v) is 16.5. The summed E-state index contributed by atoms with van der Waals surface area (Å²) in [5, 5.41) is 3.82. The van der Waals surface area contributed by atoms with Gasteiger partial charge in [0.1, 0.15) is 6.54 Å². The van der Waals surface area contributed by atoms with Crippen LogP contribution in [0.1, 0.15) is 12.8 Å². The van der Waals surface area contributed by atoms with E-state index in [1.54, 1.807) is 0 Å². The van der Waals surface area contributed by atoms with Gasteiger partial charge in [0.25, 0.3) is 0 Å². The minimum Gasteiger partial charge on any atom is -0.370 e. The van der Waals surface area contributed by atoms with E-state index in [2.05, 4.69) is 15.2 Å². The van der Waals surface area contributed by atoms with Gasteiger partial charge in [-0.1, -0.05) is 11.6 Å². The van der Waals surface area contributed by atoms with E-state index >= 15 is 0 Å². The second-order valence-corrected chi connectivity index (χ2v) is 6.40. The number of aliphatic imine (C=N–C) groups is 1. The molecule has 0 unspecified atom stereocenters. The monoisotopic (exact) mass is 463 g/mol. The Bertz CT molecular complexity index is 583. The lowest BCUT2D eigenvalue weighted by Gasteiger charge is -2.36. The van der Waals surface area contributed by atoms with E-state index in [4.69, 9.17) is 17.3 Å². The predicted octanol–water partition coefficient (Wildman–Crippen LogP) is 1.67. The quantitative estimate of drug-likeness (QED) is 0.405. The number of nitrogens with one attached hydrogen (secondary N) is 1. The third-order valence-corrected chi connectivity index (χ3v) is 4.39. The number of piperazine rings is 1. The summed E-state index contributed by atoms with van der Waals surface area (Å²) in [6.45, 7) is 3.15. The van der Waals surface area contributed by atoms with E-state index < -0.39 is 0 Å². The predicted molar refractivity (Wildman–Crippen MR) is 108 cm³/mol. The molecule has 0 bridgehead atoms. The van der Waals surface area contributed by atoms with E-state index in [0.717, 1.165) is 36.6 Å². The van der Waals surface area contributed by atoms with Gasteiger partial charge in [0, 0.05) is 42.9 Å². The van der Waals surface area contributed by atoms with Crippen LogP contribution < -0.4 is 16.0 Å². The van der Waals surface area contributed by atoms with Gasteiger partial charge in [-0.05, 0) is 37.1 Å². The molecule has 0 radical (unpaired) electrons. The minimum absolute atomic E-state index is 0. The van der Waals surface area contributed by atoms with Crippen LogP contribution in [-0.4, -0.2) is 55.5 Å². The average Bonchev–Trinajstić information content (AvgIpc) is 3.37. The topological polar surface area (TPSA) is 74.0 Å². The third-order valence-electron chi connectivity index (χ3n) is 4.14. The number of carbonyl (C=O) groups excluding carboxylic acids is 1. The second kappa shape index (κ2) is 8.75. The van der Waals surface area contributed by atoms with Crippen molar-refractivity contribution in [3.63, 3.8) is 0 Å². The highest BCUT2D eigenvalue weighted by molar-refractivity contribution is 14.0. The van der Waals surface area contributed by atoms with Gasteiger partial charge in [0.15, 0.2) is 5.96 Å². The normalized spacial score (nSPS) is 18.1. The summed E-state index contributed by atoms with van der Waals surface area (Å²) in [7, 11) is 0. The Labute approximate surface area is 164 Å². The first-order valence-electron chi connectivity index (χ1n) is 7.96. The van der Waals surface area contributed by atoms with Gasteiger partial charge in [-0.2, -0.15) is 0 Å². The molecule has 2 aliphatic rings. The molecule has 1 heterocycles. The molecule has 2 fully saturated rings. The molecule has 1 aromatic rings. The molecule has 3 N–H and O–H groups in total. The van der Waals surface area contributed by atoms with Gasteiger partial charge in [-0.25, -0.2) is 4.99 Å². The molecule has 0 spiro atoms. The maximum Gasteiger partial charge on any atom is 0.244 e. The van der Waals surface area contributed by atoms with E-state index in [1.807, 2.05) is 29.2 Å². The first kappa shape index (κ1) is 19.1. The highest BCUT2D eigenvalue weighted by Gasteiger charge is 2.23. The summed E-state index contributed by atoms with van der Waals surface area (Å²) in [5.41, 5.74) is 6.89. The van der Waals surface area contributed by atoms with Crippen molar-refractivity contribution in [3.05, 3.63) is 29.3 Å². The Balaban J connectivity index is 0.00000208. The Morgan fingerprint density at radius 2 is 1.83 bits per heavy atom. The molecule has 0 atom stereocenters. The Morgan fingerprint density at radius 3 is 2.42 bits per heavy atom. The second-order valence-electron chi connectivity index (χ2n) is 5.96. The van der Waals surface area contributed by atoms with E-state index in [1.165, 1.54) is 0 Å². The highest BCUT2D eigenvalue weighted by Crippen LogP contribution is 2.19. The smallest absolute Gasteiger partial charge is 0.244 e. The fourth-order valence-corrected chi connectivity index (χ4v) is 2.73. The van der Waals surface area contributed by atoms with Gasteiger partial charge >= 0.3 is 0 Å². The van der Waals surface area contributed by atoms with Crippen LogP contribution in [0.15, 0.2) is 29.3 Å². The number of rotatable bonds is 4. The zero-order valence-electron chi connectivity index (χ0n) is 13.4. The number of anilines is 1. The minimum atomic E-state index is 0. The first-order valence-corrected chi connectivity index (χ1v) is 8.34. The summed E-state index contributed by atoms with van der Waals surface area (Å²) < 4.78 is 0. The van der Waals surface area contributed by atoms with Crippen LogP contribution >= 0.6 is 35.6 Å². The van der Waals surface area contributed by atoms with Gasteiger partial charge in [0.2, 0.25) is 5.91 Å². The van der Waals surface area contributed by atoms with Gasteiger partial charge in [-0.15, -0.1) is 24.0 Å². The number of nitrogens with two attached hydrogens (primary N) is 1. The van der Waals surface area contributed by atoms with Crippen molar-refractivity contribution in [3.8, 4) is 0 Å². The molecule has 1 aliphatic heterocycles. The molecule has 24 heavy (non-hydrogen) atoms. The third kappa shape index (κ3) is 5.41. The Hall–Kier alpha value is -1.22. The summed E-state index contributed by atoms with van der Waals surface area (Å²) >= 11 is 5.91. The van der Waals surface area contributed by atoms with Crippen LogP contribution in [0.2, 0.25) is 5.02 Å². The maximum atomic E-state index is 12.2. The zero-order chi connectivity index (χ0) is 16.2. The van der Waals surface area contributed by atoms with Crippen molar-refractivity contribution in [1.29, 1.82) is 0 Å². The molecule has 1 saturated carbocycles. The van der Waals surface area contributed by atoms with Gasteiger partial charge in [-0.3, -0.25) is 4.79 Å². The van der Waals surface area contributed by atoms with Crippen LogP contribution in [0.25, 0.3) is 0 Å². The average molecular weight is 464 g/mol. The summed E-state index contributed by atoms with van der Waals surface area (Å²) in [6.07, 6.45) is 2.27. The molecule has 3 rings (SSSR count). The van der Waals surface area contributed by atoms with Crippen LogP contribution in [-0.2, 0) is 4.79 Å². The van der Waals surface area contributed by atoms with Gasteiger partial charge in [0.05, 0.1) is 0 Å². The molecule has 8 heteroatoms. The molecule has 0 aromatic heterocycles. The largest absolute Gasteiger partial charge is 0.370 e. The number of nitrogens with zero attached hydrogens (tertiary/aromatic N) is 3. The van der Waals surface area contributed by atoms with Crippen LogP contribution in [0.4, 0.5) is 5.69 Å². The molecule has 1 amide bonds. The molecular weight excluding hydrogens is 441 g/mol. The first-order chi connectivity index (χ1) is 11.1. The number of carbonyl (C=O) groups is 1. The lowest BCUT2D eigenvalue weighted by atomic mass is 10.2. The van der Waals surface area contributed by atoms with E-state index in [9.17, 15) is 4.79 Å². The van der Waals surface area contributed by atoms with E-state index in [0.29, 0.717) is 25.1 Å². The fraction of sp³-hybridized carbons (Fsp3) is 0.500. The van der Waals surface area contributed by atoms with Crippen LogP contribution in [0.5, 0.6) is 0 Å². The van der Waals surface area contributed by atoms with Crippen molar-refractivity contribution in [1.82, 2.24) is 10.2 Å². The summed E-state index contributed by atoms with van der Waals surface area (Å²) in [6, 6.07) is 8.25. The summed E-state index contributed by atoms with van der Waals surface area (Å²) in [4.78, 5) is 20.4. The Kier molecular flexibility index (Phi) is 6.97. The molecule has 1 aromatic carbocycles. The van der Waals surface area contributed by atoms with Crippen LogP contribution in [0.3, 0.4) is 0 Å². The van der Waals surface area contributed by atoms with Crippen molar-refractivity contribution in [2.75, 3.05) is 37.6 Å². The Morgan fingerprint density at radius 1 is 1.21 bits per heavy atom. The lowest BCUT2D eigenvalue weighted by Crippen LogP contribution is -2.49. The van der Waals surface area contributed by atoms with Crippen molar-refractivity contribution in [2.24, 2.45) is 10.7 Å². The number of hydrogen-bond acceptors (Lipinski definition) is 3. The maximum absolute atomic E-state index is 12.2. The molecule has 132 valence electrons. The number of halogens is 2. The van der Waals surface area contributed by atoms with Crippen molar-refractivity contribution in [2.45, 2.75) is 18.9 Å². The lowest BCUT2D eigenvalue weighted by molar-refractivity contribution is -0.129. The summed E-state index contributed by atoms with van der Waals surface area (Å²) in [5.74, 6) is 0.405. The number of benzene rings is 1. The standard InChI is InChI=1S/C16H22ClN5O.HI/c17-12-1-5-14(6-2-12)21-7-9-22(10-8-21)15(23)11-19-16(18)20-13-3-4-13;/h1-2,5-6,13H,3-4,7-11H2,(H3,18,19,20);1H. The van der Waals surface area contributed by atoms with E-state index in [-0.39, 0.29) is 36.4 Å². The highest BCUT2D eigenvalue weighted by atomic mass is 127. The molecule has 1 saturated heterocycles. The SMILES string of the molecule is I.NC(=NCC(=O)N1CCN(c2ccc(Cl)cc2)CC1)NC1CC1. The number of guanidine groups is 1. The fourth-order valence-electron chi connectivity index (χ4n) is 2.60. The number of amides is 1. The van der Waals surface area contributed by atoms with Crippen molar-refractivity contribution >= 4 is 53.1 Å².